The van der Waals surface area contributed by atoms with Gasteiger partial charge in [-0.05, 0) is 146 Å². The van der Waals surface area contributed by atoms with Crippen LogP contribution in [0.5, 0.6) is 0 Å². The van der Waals surface area contributed by atoms with E-state index in [0.29, 0.717) is 0 Å². The maximum absolute atomic E-state index is 2.58. The average Bonchev–Trinajstić information content (AvgIpc) is 3.87. The summed E-state index contributed by atoms with van der Waals surface area (Å²) >= 11 is 0. The Bertz CT molecular complexity index is 4200. The zero-order chi connectivity index (χ0) is 44.5. The van der Waals surface area contributed by atoms with Crippen LogP contribution in [0.1, 0.15) is 22.3 Å². The van der Waals surface area contributed by atoms with E-state index in [-0.39, 0.29) is 0 Å². The quantitative estimate of drug-likeness (QED) is 0.159. The first-order chi connectivity index (χ1) is 33.7. The Morgan fingerprint density at radius 3 is 1.37 bits per heavy atom. The lowest BCUT2D eigenvalue weighted by atomic mass is 9.70. The number of hydrogen-bond acceptors (Lipinski definition) is 1. The number of nitrogens with zero attached hydrogens (tertiary/aromatic N) is 1. The van der Waals surface area contributed by atoms with Gasteiger partial charge in [0, 0.05) is 16.6 Å². The SMILES string of the molecule is c1ccc2c(c1)-c1ccccc1C21c2ccccc2-c2cc(-c3ccc4c(ccc5ccccc54)c3)c(N(c3ccc4c5ccccc5c5ccccc5c4c3)c3cccc4ccccc34)cc21. The third kappa shape index (κ3) is 5.05. The molecule has 1 nitrogen and oxygen atoms in total. The lowest BCUT2D eigenvalue weighted by Gasteiger charge is -2.34. The van der Waals surface area contributed by atoms with Gasteiger partial charge in [0.2, 0.25) is 0 Å². The fourth-order valence-electron chi connectivity index (χ4n) is 12.6. The summed E-state index contributed by atoms with van der Waals surface area (Å²) in [5, 5.41) is 15.0. The van der Waals surface area contributed by atoms with E-state index in [1.54, 1.807) is 0 Å². The Kier molecular flexibility index (Phi) is 7.77. The van der Waals surface area contributed by atoms with Gasteiger partial charge in [0.15, 0.2) is 0 Å². The first kappa shape index (κ1) is 37.4. The molecule has 13 aromatic rings. The van der Waals surface area contributed by atoms with Crippen LogP contribution in [0.3, 0.4) is 0 Å². The number of anilines is 3. The van der Waals surface area contributed by atoms with E-state index in [2.05, 4.69) is 254 Å². The predicted molar refractivity (Wildman–Crippen MR) is 288 cm³/mol. The Hall–Kier alpha value is -8.78. The first-order valence-electron chi connectivity index (χ1n) is 23.7. The van der Waals surface area contributed by atoms with Gasteiger partial charge in [0.05, 0.1) is 16.8 Å². The van der Waals surface area contributed by atoms with Crippen LogP contribution < -0.4 is 4.90 Å². The third-order valence-corrected chi connectivity index (χ3v) is 15.4. The molecular formula is C67H41N. The van der Waals surface area contributed by atoms with E-state index in [1.165, 1.54) is 120 Å². The van der Waals surface area contributed by atoms with E-state index < -0.39 is 5.41 Å². The molecule has 1 heteroatoms. The topological polar surface area (TPSA) is 3.24 Å². The molecule has 0 aliphatic heterocycles. The minimum absolute atomic E-state index is 0.516. The second kappa shape index (κ2) is 14.1. The van der Waals surface area contributed by atoms with Crippen molar-refractivity contribution in [1.29, 1.82) is 0 Å². The zero-order valence-corrected chi connectivity index (χ0v) is 37.1. The van der Waals surface area contributed by atoms with Crippen LogP contribution in [-0.2, 0) is 5.41 Å². The Morgan fingerprint density at radius 1 is 0.235 bits per heavy atom. The molecule has 0 saturated carbocycles. The molecule has 0 heterocycles. The molecule has 0 amide bonds. The second-order valence-corrected chi connectivity index (χ2v) is 18.7. The molecule has 68 heavy (non-hydrogen) atoms. The predicted octanol–water partition coefficient (Wildman–Crippen LogP) is 18.1. The summed E-state index contributed by atoms with van der Waals surface area (Å²) in [6.07, 6.45) is 0. The summed E-state index contributed by atoms with van der Waals surface area (Å²) < 4.78 is 0. The normalized spacial score (nSPS) is 13.1. The lowest BCUT2D eigenvalue weighted by Crippen LogP contribution is -2.26. The number of benzene rings is 13. The van der Waals surface area contributed by atoms with E-state index in [4.69, 9.17) is 0 Å². The van der Waals surface area contributed by atoms with Crippen molar-refractivity contribution in [2.45, 2.75) is 5.41 Å². The molecule has 2 aliphatic carbocycles. The van der Waals surface area contributed by atoms with Gasteiger partial charge in [-0.2, -0.15) is 0 Å². The third-order valence-electron chi connectivity index (χ3n) is 15.4. The smallest absolute Gasteiger partial charge is 0.0726 e. The number of hydrogen-bond donors (Lipinski definition) is 0. The highest BCUT2D eigenvalue weighted by atomic mass is 15.1. The standard InChI is InChI=1S/C67H41N/c1-3-19-47-43(17-1)32-33-44-38-45(34-36-48(44)47)58-40-60-57-27-11-14-30-63(57)67(61-28-12-9-25-55(61)56-26-10-13-29-62(56)67)64(60)41-66(58)68(65-31-15-18-42-16-2-4-20-49(42)65)46-35-37-54-52-23-6-5-21-50(52)51-22-7-8-24-53(51)59(54)39-46/h1-41H. The average molecular weight is 860 g/mol. The van der Waals surface area contributed by atoms with Crippen molar-refractivity contribution in [2.75, 3.05) is 4.90 Å². The number of rotatable bonds is 4. The highest BCUT2D eigenvalue weighted by Gasteiger charge is 2.52. The molecule has 0 bridgehead atoms. The van der Waals surface area contributed by atoms with Crippen molar-refractivity contribution >= 4 is 81.7 Å². The first-order valence-corrected chi connectivity index (χ1v) is 23.7. The Labute approximate surface area is 394 Å². The van der Waals surface area contributed by atoms with Crippen molar-refractivity contribution < 1.29 is 0 Å². The van der Waals surface area contributed by atoms with Gasteiger partial charge in [-0.15, -0.1) is 0 Å². The summed E-state index contributed by atoms with van der Waals surface area (Å²) in [6.45, 7) is 0. The van der Waals surface area contributed by atoms with Crippen molar-refractivity contribution in [3.8, 4) is 33.4 Å². The fraction of sp³-hybridized carbons (Fsp3) is 0.0149. The summed E-state index contributed by atoms with van der Waals surface area (Å²) in [7, 11) is 0. The Morgan fingerprint density at radius 2 is 0.706 bits per heavy atom. The van der Waals surface area contributed by atoms with E-state index in [9.17, 15) is 0 Å². The maximum atomic E-state index is 2.58. The van der Waals surface area contributed by atoms with Crippen LogP contribution in [-0.4, -0.2) is 0 Å². The summed E-state index contributed by atoms with van der Waals surface area (Å²) in [6, 6.07) is 93.6. The molecular weight excluding hydrogens is 819 g/mol. The molecule has 0 radical (unpaired) electrons. The van der Waals surface area contributed by atoms with E-state index in [1.807, 2.05) is 0 Å². The van der Waals surface area contributed by atoms with Gasteiger partial charge < -0.3 is 4.90 Å². The molecule has 0 unspecified atom stereocenters. The zero-order valence-electron chi connectivity index (χ0n) is 37.1. The molecule has 0 N–H and O–H groups in total. The molecule has 2 aliphatic rings. The van der Waals surface area contributed by atoms with Gasteiger partial charge in [-0.1, -0.05) is 212 Å². The van der Waals surface area contributed by atoms with Crippen LogP contribution in [0.2, 0.25) is 0 Å². The molecule has 13 aromatic carbocycles. The highest BCUT2D eigenvalue weighted by Crippen LogP contribution is 2.64. The van der Waals surface area contributed by atoms with Crippen molar-refractivity contribution in [1.82, 2.24) is 0 Å². The molecule has 0 saturated heterocycles. The van der Waals surface area contributed by atoms with Gasteiger partial charge in [-0.25, -0.2) is 0 Å². The van der Waals surface area contributed by atoms with Crippen LogP contribution in [0.25, 0.3) is 98.0 Å². The van der Waals surface area contributed by atoms with Gasteiger partial charge in [-0.3, -0.25) is 0 Å². The largest absolute Gasteiger partial charge is 0.309 e. The lowest BCUT2D eigenvalue weighted by molar-refractivity contribution is 0.794. The van der Waals surface area contributed by atoms with Gasteiger partial charge >= 0.3 is 0 Å². The summed E-state index contributed by atoms with van der Waals surface area (Å²) in [5.41, 5.74) is 15.7. The van der Waals surface area contributed by atoms with Gasteiger partial charge in [0.25, 0.3) is 0 Å². The maximum Gasteiger partial charge on any atom is 0.0726 e. The minimum Gasteiger partial charge on any atom is -0.309 e. The van der Waals surface area contributed by atoms with Crippen molar-refractivity contribution in [3.63, 3.8) is 0 Å². The molecule has 1 spiro atoms. The van der Waals surface area contributed by atoms with Crippen LogP contribution in [0.4, 0.5) is 17.1 Å². The van der Waals surface area contributed by atoms with E-state index in [0.717, 1.165) is 17.1 Å². The van der Waals surface area contributed by atoms with Crippen molar-refractivity contribution in [2.24, 2.45) is 0 Å². The number of fused-ring (bicyclic) bond motifs is 20. The second-order valence-electron chi connectivity index (χ2n) is 18.7. The van der Waals surface area contributed by atoms with Gasteiger partial charge in [0.1, 0.15) is 0 Å². The van der Waals surface area contributed by atoms with E-state index >= 15 is 0 Å². The summed E-state index contributed by atoms with van der Waals surface area (Å²) in [5.74, 6) is 0. The molecule has 0 aromatic heterocycles. The highest BCUT2D eigenvalue weighted by molar-refractivity contribution is 6.26. The molecule has 0 atom stereocenters. The summed E-state index contributed by atoms with van der Waals surface area (Å²) in [4.78, 5) is 2.58. The molecule has 314 valence electrons. The van der Waals surface area contributed by atoms with Crippen LogP contribution >= 0.6 is 0 Å². The molecule has 0 fully saturated rings. The monoisotopic (exact) mass is 859 g/mol. The van der Waals surface area contributed by atoms with Crippen LogP contribution in [0.15, 0.2) is 249 Å². The fourth-order valence-corrected chi connectivity index (χ4v) is 12.6. The molecule has 15 rings (SSSR count). The van der Waals surface area contributed by atoms with Crippen LogP contribution in [0, 0.1) is 0 Å². The van der Waals surface area contributed by atoms with Crippen molar-refractivity contribution in [3.05, 3.63) is 271 Å². The minimum atomic E-state index is -0.516. The Balaban J connectivity index is 1.10.